The molecule has 0 heterocycles. The van der Waals surface area contributed by atoms with Gasteiger partial charge in [-0.05, 0) is 42.4 Å². The predicted octanol–water partition coefficient (Wildman–Crippen LogP) is 3.49. The molecule has 7 heteroatoms. The average Bonchev–Trinajstić information content (AvgIpc) is 2.40. The van der Waals surface area contributed by atoms with Crippen LogP contribution in [0.1, 0.15) is 23.7 Å². The highest BCUT2D eigenvalue weighted by Crippen LogP contribution is 2.29. The Morgan fingerprint density at radius 3 is 2.40 bits per heavy atom. The molecule has 20 heavy (non-hydrogen) atoms. The third kappa shape index (κ3) is 6.70. The monoisotopic (exact) mass is 306 g/mol. The Balaban J connectivity index is 2.36. The second kappa shape index (κ2) is 8.04. The molecule has 0 saturated carbocycles. The van der Waals surface area contributed by atoms with E-state index in [1.54, 1.807) is 24.3 Å². The van der Waals surface area contributed by atoms with Crippen molar-refractivity contribution in [1.29, 1.82) is 0 Å². The van der Waals surface area contributed by atoms with Crippen LogP contribution < -0.4 is 10.6 Å². The molecule has 0 saturated heterocycles. The first-order valence-electron chi connectivity index (χ1n) is 6.25. The van der Waals surface area contributed by atoms with Gasteiger partial charge in [-0.1, -0.05) is 6.92 Å². The second-order valence-electron chi connectivity index (χ2n) is 4.05. The van der Waals surface area contributed by atoms with E-state index in [0.717, 1.165) is 18.7 Å². The smallest absolute Gasteiger partial charge is 0.385 e. The summed E-state index contributed by atoms with van der Waals surface area (Å²) in [6, 6.07) is 6.83. The molecule has 0 aliphatic rings. The number of halogens is 3. The van der Waals surface area contributed by atoms with E-state index >= 15 is 0 Å². The number of hydrogen-bond donors (Lipinski definition) is 2. The van der Waals surface area contributed by atoms with Crippen molar-refractivity contribution in [2.75, 3.05) is 24.2 Å². The van der Waals surface area contributed by atoms with Gasteiger partial charge in [0.25, 0.3) is 5.91 Å². The van der Waals surface area contributed by atoms with Gasteiger partial charge in [-0.2, -0.15) is 13.2 Å². The molecule has 0 aromatic heterocycles. The number of nitrogens with one attached hydrogen (secondary N) is 2. The van der Waals surface area contributed by atoms with Gasteiger partial charge in [0.05, 0.1) is 0 Å². The Labute approximate surface area is 120 Å². The number of hydrogen-bond acceptors (Lipinski definition) is 3. The highest BCUT2D eigenvalue weighted by molar-refractivity contribution is 8.00. The molecule has 0 spiro atoms. The summed E-state index contributed by atoms with van der Waals surface area (Å²) in [6.07, 6.45) is 0.999. The van der Waals surface area contributed by atoms with Crippen LogP contribution in [0.25, 0.3) is 0 Å². The van der Waals surface area contributed by atoms with E-state index < -0.39 is 5.51 Å². The number of amides is 1. The Hall–Kier alpha value is -1.37. The minimum absolute atomic E-state index is 0.0150. The van der Waals surface area contributed by atoms with Gasteiger partial charge in [0.15, 0.2) is 0 Å². The van der Waals surface area contributed by atoms with E-state index in [2.05, 4.69) is 10.6 Å². The lowest BCUT2D eigenvalue weighted by atomic mass is 10.2. The first kappa shape index (κ1) is 16.7. The highest BCUT2D eigenvalue weighted by atomic mass is 32.2. The lowest BCUT2D eigenvalue weighted by molar-refractivity contribution is -0.0327. The zero-order valence-electron chi connectivity index (χ0n) is 11.1. The standard InChI is InChI=1S/C13H17F3N2OS/c1-2-7-17-11-5-3-10(4-6-11)12(19)18-8-9-20-13(14,15)16/h3-6,17H,2,7-9H2,1H3,(H,18,19). The van der Waals surface area contributed by atoms with Crippen molar-refractivity contribution in [2.45, 2.75) is 18.9 Å². The van der Waals surface area contributed by atoms with Crippen LogP contribution in [0.3, 0.4) is 0 Å². The van der Waals surface area contributed by atoms with Crippen molar-refractivity contribution in [1.82, 2.24) is 5.32 Å². The van der Waals surface area contributed by atoms with Crippen molar-refractivity contribution in [3.8, 4) is 0 Å². The van der Waals surface area contributed by atoms with Crippen molar-refractivity contribution in [3.05, 3.63) is 29.8 Å². The maximum absolute atomic E-state index is 11.9. The summed E-state index contributed by atoms with van der Waals surface area (Å²) in [5, 5.41) is 5.62. The number of carbonyl (C=O) groups excluding carboxylic acids is 1. The molecule has 0 fully saturated rings. The van der Waals surface area contributed by atoms with Crippen LogP contribution in [0, 0.1) is 0 Å². The van der Waals surface area contributed by atoms with Gasteiger partial charge in [0.2, 0.25) is 0 Å². The van der Waals surface area contributed by atoms with Crippen LogP contribution in [0.4, 0.5) is 18.9 Å². The Morgan fingerprint density at radius 2 is 1.85 bits per heavy atom. The Morgan fingerprint density at radius 1 is 1.20 bits per heavy atom. The summed E-state index contributed by atoms with van der Waals surface area (Å²) < 4.78 is 35.7. The molecule has 112 valence electrons. The summed E-state index contributed by atoms with van der Waals surface area (Å²) in [5.41, 5.74) is -2.91. The number of alkyl halides is 3. The normalized spacial score (nSPS) is 11.2. The van der Waals surface area contributed by atoms with E-state index in [9.17, 15) is 18.0 Å². The molecule has 0 radical (unpaired) electrons. The number of rotatable bonds is 7. The molecule has 1 rings (SSSR count). The molecule has 1 amide bonds. The maximum Gasteiger partial charge on any atom is 0.441 e. The minimum Gasteiger partial charge on any atom is -0.385 e. The second-order valence-corrected chi connectivity index (χ2v) is 5.21. The fourth-order valence-electron chi connectivity index (χ4n) is 1.44. The SMILES string of the molecule is CCCNc1ccc(C(=O)NCCSC(F)(F)F)cc1. The summed E-state index contributed by atoms with van der Waals surface area (Å²) in [7, 11) is 0. The first-order valence-corrected chi connectivity index (χ1v) is 7.24. The number of thioether (sulfide) groups is 1. The number of carbonyl (C=O) groups is 1. The summed E-state index contributed by atoms with van der Waals surface area (Å²) in [4.78, 5) is 11.7. The molecule has 0 aliphatic heterocycles. The first-order chi connectivity index (χ1) is 9.42. The molecular weight excluding hydrogens is 289 g/mol. The topological polar surface area (TPSA) is 41.1 Å². The van der Waals surface area contributed by atoms with Gasteiger partial charge >= 0.3 is 5.51 Å². The lowest BCUT2D eigenvalue weighted by Crippen LogP contribution is -2.26. The molecular formula is C13H17F3N2OS. The van der Waals surface area contributed by atoms with Crippen LogP contribution in [0.2, 0.25) is 0 Å². The number of benzene rings is 1. The van der Waals surface area contributed by atoms with Gasteiger partial charge in [0.1, 0.15) is 0 Å². The van der Waals surface area contributed by atoms with Crippen LogP contribution in [-0.2, 0) is 0 Å². The number of anilines is 1. The Kier molecular flexibility index (Phi) is 6.70. The average molecular weight is 306 g/mol. The van der Waals surface area contributed by atoms with Gasteiger partial charge in [-0.15, -0.1) is 0 Å². The van der Waals surface area contributed by atoms with Crippen molar-refractivity contribution in [3.63, 3.8) is 0 Å². The quantitative estimate of drug-likeness (QED) is 0.758. The molecule has 0 aliphatic carbocycles. The third-order valence-electron chi connectivity index (χ3n) is 2.38. The Bertz CT molecular complexity index is 421. The molecule has 1 aromatic rings. The third-order valence-corrected chi connectivity index (χ3v) is 3.12. The molecule has 1 aromatic carbocycles. The van der Waals surface area contributed by atoms with Gasteiger partial charge < -0.3 is 10.6 Å². The summed E-state index contributed by atoms with van der Waals surface area (Å²) in [6.45, 7) is 2.88. The lowest BCUT2D eigenvalue weighted by Gasteiger charge is -2.08. The molecule has 0 atom stereocenters. The molecule has 3 nitrogen and oxygen atoms in total. The highest BCUT2D eigenvalue weighted by Gasteiger charge is 2.27. The van der Waals surface area contributed by atoms with Crippen molar-refractivity contribution in [2.24, 2.45) is 0 Å². The zero-order valence-corrected chi connectivity index (χ0v) is 11.9. The van der Waals surface area contributed by atoms with Crippen LogP contribution in [-0.4, -0.2) is 30.3 Å². The summed E-state index contributed by atoms with van der Waals surface area (Å²) in [5.74, 6) is -0.555. The van der Waals surface area contributed by atoms with Crippen molar-refractivity contribution >= 4 is 23.4 Å². The zero-order chi connectivity index (χ0) is 15.0. The van der Waals surface area contributed by atoms with Crippen LogP contribution in [0.5, 0.6) is 0 Å². The van der Waals surface area contributed by atoms with Crippen LogP contribution in [0.15, 0.2) is 24.3 Å². The molecule has 0 unspecified atom stereocenters. The van der Waals surface area contributed by atoms with Crippen molar-refractivity contribution < 1.29 is 18.0 Å². The van der Waals surface area contributed by atoms with Gasteiger partial charge in [-0.3, -0.25) is 4.79 Å². The maximum atomic E-state index is 11.9. The van der Waals surface area contributed by atoms with Gasteiger partial charge in [0, 0.05) is 30.1 Å². The van der Waals surface area contributed by atoms with E-state index in [1.807, 2.05) is 6.92 Å². The minimum atomic E-state index is -4.25. The van der Waals surface area contributed by atoms with Gasteiger partial charge in [-0.25, -0.2) is 0 Å². The molecule has 2 N–H and O–H groups in total. The summed E-state index contributed by atoms with van der Waals surface area (Å²) >= 11 is -0.142. The van der Waals surface area contributed by atoms with E-state index in [1.165, 1.54) is 0 Å². The molecule has 0 bridgehead atoms. The van der Waals surface area contributed by atoms with E-state index in [4.69, 9.17) is 0 Å². The predicted molar refractivity (Wildman–Crippen MR) is 76.1 cm³/mol. The fourth-order valence-corrected chi connectivity index (χ4v) is 1.88. The largest absolute Gasteiger partial charge is 0.441 e. The fraction of sp³-hybridized carbons (Fsp3) is 0.462. The van der Waals surface area contributed by atoms with Crippen LogP contribution >= 0.6 is 11.8 Å². The van der Waals surface area contributed by atoms with E-state index in [0.29, 0.717) is 5.56 Å². The van der Waals surface area contributed by atoms with E-state index in [-0.39, 0.29) is 30.0 Å².